The average molecular weight is 253 g/mol. The molecular weight excluding hydrogens is 248 g/mol. The normalized spacial score (nSPS) is 9.80. The Kier molecular flexibility index (Phi) is 1.98. The zero-order valence-corrected chi connectivity index (χ0v) is 7.09. The second-order valence-corrected chi connectivity index (χ2v) is 2.88. The molecule has 0 aliphatic carbocycles. The first-order valence-electron chi connectivity index (χ1n) is 2.55. The van der Waals surface area contributed by atoms with Gasteiger partial charge in [-0.05, 0) is 34.7 Å². The van der Waals surface area contributed by atoms with E-state index in [1.54, 1.807) is 22.6 Å². The van der Waals surface area contributed by atoms with Crippen molar-refractivity contribution < 1.29 is 9.50 Å². The van der Waals surface area contributed by atoms with Crippen LogP contribution in [0.3, 0.4) is 0 Å². The maximum absolute atomic E-state index is 12.7. The summed E-state index contributed by atoms with van der Waals surface area (Å²) in [6.07, 6.45) is 0. The molecule has 0 heterocycles. The summed E-state index contributed by atoms with van der Waals surface area (Å²) in [4.78, 5) is 0. The topological polar surface area (TPSA) is 46.2 Å². The molecule has 0 atom stereocenters. The number of anilines is 1. The number of rotatable bonds is 0. The third kappa shape index (κ3) is 1.16. The summed E-state index contributed by atoms with van der Waals surface area (Å²) in [5.41, 5.74) is 5.26. The summed E-state index contributed by atoms with van der Waals surface area (Å²) < 4.78 is 12.9. The van der Waals surface area contributed by atoms with Gasteiger partial charge < -0.3 is 10.8 Å². The van der Waals surface area contributed by atoms with Gasteiger partial charge in [0.25, 0.3) is 0 Å². The van der Waals surface area contributed by atoms with Gasteiger partial charge in [0.1, 0.15) is 5.75 Å². The Morgan fingerprint density at radius 1 is 1.50 bits per heavy atom. The van der Waals surface area contributed by atoms with E-state index in [-0.39, 0.29) is 15.0 Å². The van der Waals surface area contributed by atoms with Crippen LogP contribution in [0.4, 0.5) is 10.1 Å². The van der Waals surface area contributed by atoms with Crippen molar-refractivity contribution in [2.45, 2.75) is 0 Å². The summed E-state index contributed by atoms with van der Waals surface area (Å²) in [6, 6.07) is 2.69. The largest absolute Gasteiger partial charge is 0.507 e. The molecule has 1 aromatic carbocycles. The number of phenolic OH excluding ortho intramolecular Hbond substituents is 1. The Bertz CT molecular complexity index is 237. The van der Waals surface area contributed by atoms with Gasteiger partial charge >= 0.3 is 0 Å². The quantitative estimate of drug-likeness (QED) is 0.420. The summed E-state index contributed by atoms with van der Waals surface area (Å²) >= 11 is 1.69. The van der Waals surface area contributed by atoms with Crippen LogP contribution in [0, 0.1) is 9.39 Å². The Labute approximate surface area is 71.0 Å². The number of nitrogens with two attached hydrogens (primary N) is 1. The van der Waals surface area contributed by atoms with Gasteiger partial charge in [-0.25, -0.2) is 4.39 Å². The predicted molar refractivity (Wildman–Crippen MR) is 45.2 cm³/mol. The minimum atomic E-state index is -0.555. The van der Waals surface area contributed by atoms with Crippen molar-refractivity contribution >= 4 is 28.3 Å². The number of aromatic hydroxyl groups is 1. The van der Waals surface area contributed by atoms with Crippen molar-refractivity contribution in [3.63, 3.8) is 0 Å². The molecular formula is C6H5FINO. The fourth-order valence-corrected chi connectivity index (χ4v) is 1.05. The Hall–Kier alpha value is -0.520. The third-order valence-corrected chi connectivity index (χ3v) is 2.12. The van der Waals surface area contributed by atoms with E-state index in [1.807, 2.05) is 0 Å². The van der Waals surface area contributed by atoms with Crippen LogP contribution in [-0.2, 0) is 0 Å². The second-order valence-electron chi connectivity index (χ2n) is 1.80. The standard InChI is InChI=1S/C6H5FINO/c7-5-3(9)1-2-4(10)6(5)8/h1-2,10H,9H2. The first-order chi connectivity index (χ1) is 4.63. The molecule has 0 radical (unpaired) electrons. The van der Waals surface area contributed by atoms with Crippen LogP contribution in [0.15, 0.2) is 12.1 Å². The van der Waals surface area contributed by atoms with Gasteiger partial charge in [0.05, 0.1) is 9.26 Å². The highest BCUT2D eigenvalue weighted by Gasteiger charge is 2.06. The Morgan fingerprint density at radius 2 is 2.10 bits per heavy atom. The number of hydrogen-bond acceptors (Lipinski definition) is 2. The molecule has 0 aliphatic heterocycles. The van der Waals surface area contributed by atoms with E-state index >= 15 is 0 Å². The van der Waals surface area contributed by atoms with E-state index in [9.17, 15) is 4.39 Å². The van der Waals surface area contributed by atoms with Crippen molar-refractivity contribution in [3.8, 4) is 5.75 Å². The molecule has 0 saturated carbocycles. The smallest absolute Gasteiger partial charge is 0.163 e. The monoisotopic (exact) mass is 253 g/mol. The minimum absolute atomic E-state index is 0.0576. The Morgan fingerprint density at radius 3 is 2.60 bits per heavy atom. The van der Waals surface area contributed by atoms with Crippen molar-refractivity contribution in [1.82, 2.24) is 0 Å². The number of hydrogen-bond donors (Lipinski definition) is 2. The average Bonchev–Trinajstić information content (AvgIpc) is 1.93. The molecule has 0 bridgehead atoms. The first-order valence-corrected chi connectivity index (χ1v) is 3.63. The van der Waals surface area contributed by atoms with Crippen LogP contribution in [0.25, 0.3) is 0 Å². The van der Waals surface area contributed by atoms with E-state index in [0.29, 0.717) is 0 Å². The lowest BCUT2D eigenvalue weighted by molar-refractivity contribution is 0.464. The first kappa shape index (κ1) is 7.59. The van der Waals surface area contributed by atoms with Crippen LogP contribution >= 0.6 is 22.6 Å². The summed E-state index contributed by atoms with van der Waals surface area (Å²) in [6.45, 7) is 0. The lowest BCUT2D eigenvalue weighted by atomic mass is 10.3. The fraction of sp³-hybridized carbons (Fsp3) is 0. The second kappa shape index (κ2) is 2.61. The predicted octanol–water partition coefficient (Wildman–Crippen LogP) is 1.72. The van der Waals surface area contributed by atoms with Crippen LogP contribution in [0.5, 0.6) is 5.75 Å². The van der Waals surface area contributed by atoms with Crippen LogP contribution in [0.1, 0.15) is 0 Å². The summed E-state index contributed by atoms with van der Waals surface area (Å²) in [5, 5.41) is 8.92. The van der Waals surface area contributed by atoms with Crippen molar-refractivity contribution in [2.75, 3.05) is 5.73 Å². The molecule has 3 N–H and O–H groups in total. The van der Waals surface area contributed by atoms with Gasteiger partial charge in [0, 0.05) is 0 Å². The lowest BCUT2D eigenvalue weighted by Crippen LogP contribution is -1.92. The molecule has 0 aliphatic rings. The van der Waals surface area contributed by atoms with E-state index in [4.69, 9.17) is 10.8 Å². The van der Waals surface area contributed by atoms with Gasteiger partial charge in [-0.15, -0.1) is 0 Å². The highest BCUT2D eigenvalue weighted by Crippen LogP contribution is 2.25. The molecule has 0 amide bonds. The van der Waals surface area contributed by atoms with E-state index < -0.39 is 5.82 Å². The maximum Gasteiger partial charge on any atom is 0.163 e. The van der Waals surface area contributed by atoms with Crippen molar-refractivity contribution in [1.29, 1.82) is 0 Å². The molecule has 0 spiro atoms. The molecule has 1 aromatic rings. The number of phenols is 1. The van der Waals surface area contributed by atoms with Gasteiger partial charge in [0.2, 0.25) is 0 Å². The van der Waals surface area contributed by atoms with Crippen molar-refractivity contribution in [3.05, 3.63) is 21.5 Å². The third-order valence-electron chi connectivity index (χ3n) is 1.09. The van der Waals surface area contributed by atoms with Gasteiger partial charge in [-0.3, -0.25) is 0 Å². The van der Waals surface area contributed by atoms with Crippen molar-refractivity contribution in [2.24, 2.45) is 0 Å². The molecule has 1 rings (SSSR count). The van der Waals surface area contributed by atoms with Crippen LogP contribution in [-0.4, -0.2) is 5.11 Å². The molecule has 0 aromatic heterocycles. The summed E-state index contributed by atoms with van der Waals surface area (Å²) in [7, 11) is 0. The SMILES string of the molecule is Nc1ccc(O)c(I)c1F. The molecule has 4 heteroatoms. The molecule has 10 heavy (non-hydrogen) atoms. The Balaban J connectivity index is 3.34. The van der Waals surface area contributed by atoms with E-state index in [2.05, 4.69) is 0 Å². The zero-order chi connectivity index (χ0) is 7.72. The highest BCUT2D eigenvalue weighted by atomic mass is 127. The fourth-order valence-electron chi connectivity index (χ4n) is 0.554. The van der Waals surface area contributed by atoms with Gasteiger partial charge in [0.15, 0.2) is 5.82 Å². The molecule has 0 fully saturated rings. The molecule has 2 nitrogen and oxygen atoms in total. The minimum Gasteiger partial charge on any atom is -0.507 e. The van der Waals surface area contributed by atoms with Gasteiger partial charge in [-0.2, -0.15) is 0 Å². The molecule has 0 unspecified atom stereocenters. The van der Waals surface area contributed by atoms with Crippen LogP contribution < -0.4 is 5.73 Å². The number of benzene rings is 1. The molecule has 54 valence electrons. The highest BCUT2D eigenvalue weighted by molar-refractivity contribution is 14.1. The van der Waals surface area contributed by atoms with E-state index in [1.165, 1.54) is 12.1 Å². The maximum atomic E-state index is 12.7. The number of halogens is 2. The van der Waals surface area contributed by atoms with Gasteiger partial charge in [-0.1, -0.05) is 0 Å². The van der Waals surface area contributed by atoms with Crippen LogP contribution in [0.2, 0.25) is 0 Å². The lowest BCUT2D eigenvalue weighted by Gasteiger charge is -1.99. The molecule has 0 saturated heterocycles. The number of nitrogen functional groups attached to an aromatic ring is 1. The summed E-state index contributed by atoms with van der Waals surface area (Å²) in [5.74, 6) is -0.632. The zero-order valence-electron chi connectivity index (χ0n) is 4.94. The van der Waals surface area contributed by atoms with E-state index in [0.717, 1.165) is 0 Å².